The minimum atomic E-state index is -1.17. The molecule has 1 aliphatic heterocycles. The second-order valence-corrected chi connectivity index (χ2v) is 5.19. The molecule has 1 atom stereocenters. The van der Waals surface area contributed by atoms with Crippen LogP contribution in [0.3, 0.4) is 0 Å². The highest BCUT2D eigenvalue weighted by atomic mass is 19.2. The number of aromatic nitrogens is 2. The van der Waals surface area contributed by atoms with Crippen LogP contribution in [0.4, 0.5) is 13.2 Å². The van der Waals surface area contributed by atoms with Gasteiger partial charge in [-0.25, -0.2) is 18.2 Å². The minimum absolute atomic E-state index is 0.00407. The van der Waals surface area contributed by atoms with Crippen LogP contribution in [0.1, 0.15) is 25.8 Å². The van der Waals surface area contributed by atoms with Gasteiger partial charge in [0.15, 0.2) is 17.5 Å². The molecule has 1 unspecified atom stereocenters. The van der Waals surface area contributed by atoms with Crippen molar-refractivity contribution in [3.8, 4) is 0 Å². The normalized spacial score (nSPS) is 20.7. The first-order chi connectivity index (χ1) is 9.61. The summed E-state index contributed by atoms with van der Waals surface area (Å²) in [5, 5.41) is 0. The second kappa shape index (κ2) is 5.09. The third-order valence-electron chi connectivity index (χ3n) is 4.01. The molecule has 2 heterocycles. The number of nitrogens with zero attached hydrogens (tertiary/aromatic N) is 3. The van der Waals surface area contributed by atoms with Gasteiger partial charge in [-0.15, -0.1) is 0 Å². The Labute approximate surface area is 115 Å². The first-order valence-electron chi connectivity index (χ1n) is 6.84. The summed E-state index contributed by atoms with van der Waals surface area (Å²) in [5.74, 6) is -3.01. The van der Waals surface area contributed by atoms with Crippen molar-refractivity contribution < 1.29 is 13.2 Å². The lowest BCUT2D eigenvalue weighted by atomic mass is 10.1. The average molecular weight is 283 g/mol. The molecule has 0 bridgehead atoms. The first-order valence-corrected chi connectivity index (χ1v) is 6.84. The zero-order chi connectivity index (χ0) is 14.3. The van der Waals surface area contributed by atoms with Crippen LogP contribution in [0.2, 0.25) is 0 Å². The van der Waals surface area contributed by atoms with Crippen molar-refractivity contribution in [3.05, 3.63) is 29.8 Å². The summed E-state index contributed by atoms with van der Waals surface area (Å²) < 4.78 is 42.6. The van der Waals surface area contributed by atoms with Crippen molar-refractivity contribution in [2.24, 2.45) is 0 Å². The Balaban J connectivity index is 2.08. The highest BCUT2D eigenvalue weighted by Crippen LogP contribution is 2.29. The number of likely N-dealkylation sites (N-methyl/N-ethyl adjacent to an activating group) is 1. The topological polar surface area (TPSA) is 21.1 Å². The molecule has 108 valence electrons. The molecule has 0 amide bonds. The van der Waals surface area contributed by atoms with E-state index in [1.54, 1.807) is 4.57 Å². The highest BCUT2D eigenvalue weighted by Gasteiger charge is 2.25. The Bertz CT molecular complexity index is 638. The van der Waals surface area contributed by atoms with Crippen LogP contribution in [0.25, 0.3) is 11.0 Å². The molecule has 0 saturated carbocycles. The molecule has 1 saturated heterocycles. The Morgan fingerprint density at radius 3 is 2.85 bits per heavy atom. The zero-order valence-electron chi connectivity index (χ0n) is 11.2. The van der Waals surface area contributed by atoms with E-state index in [9.17, 15) is 13.2 Å². The average Bonchev–Trinajstić information content (AvgIpc) is 2.90. The van der Waals surface area contributed by atoms with Crippen LogP contribution in [0.5, 0.6) is 0 Å². The van der Waals surface area contributed by atoms with Gasteiger partial charge >= 0.3 is 0 Å². The standard InChI is InChI=1S/C14H16F3N3/c1-2-19-5-3-4-9(7-19)20-8-18-13-11(16)6-10(15)12(17)14(13)20/h6,8-9H,2-5,7H2,1H3. The van der Waals surface area contributed by atoms with Gasteiger partial charge < -0.3 is 9.47 Å². The third kappa shape index (κ3) is 2.08. The molecule has 6 heteroatoms. The maximum Gasteiger partial charge on any atom is 0.184 e. The van der Waals surface area contributed by atoms with E-state index in [2.05, 4.69) is 16.8 Å². The summed E-state index contributed by atoms with van der Waals surface area (Å²) in [6.07, 6.45) is 3.26. The number of piperidine rings is 1. The third-order valence-corrected chi connectivity index (χ3v) is 4.01. The van der Waals surface area contributed by atoms with Gasteiger partial charge in [-0.2, -0.15) is 0 Å². The fourth-order valence-corrected chi connectivity index (χ4v) is 2.93. The van der Waals surface area contributed by atoms with Crippen LogP contribution in [-0.2, 0) is 0 Å². The molecule has 0 radical (unpaired) electrons. The number of likely N-dealkylation sites (tertiary alicyclic amines) is 1. The Hall–Kier alpha value is -1.56. The van der Waals surface area contributed by atoms with E-state index in [4.69, 9.17) is 0 Å². The predicted octanol–water partition coefficient (Wildman–Crippen LogP) is 3.11. The molecule has 3 nitrogen and oxygen atoms in total. The number of halogens is 3. The van der Waals surface area contributed by atoms with Gasteiger partial charge in [-0.1, -0.05) is 6.92 Å². The molecular formula is C14H16F3N3. The van der Waals surface area contributed by atoms with Gasteiger partial charge in [0.1, 0.15) is 11.0 Å². The van der Waals surface area contributed by atoms with Crippen molar-refractivity contribution in [2.75, 3.05) is 19.6 Å². The van der Waals surface area contributed by atoms with Crippen molar-refractivity contribution in [1.29, 1.82) is 0 Å². The van der Waals surface area contributed by atoms with Crippen LogP contribution in [-0.4, -0.2) is 34.1 Å². The smallest absolute Gasteiger partial charge is 0.184 e. The lowest BCUT2D eigenvalue weighted by Crippen LogP contribution is -2.36. The van der Waals surface area contributed by atoms with E-state index in [1.807, 2.05) is 0 Å². The Kier molecular flexibility index (Phi) is 3.41. The van der Waals surface area contributed by atoms with E-state index >= 15 is 0 Å². The summed E-state index contributed by atoms with van der Waals surface area (Å²) in [6, 6.07) is 0.554. The van der Waals surface area contributed by atoms with Crippen molar-refractivity contribution in [1.82, 2.24) is 14.5 Å². The molecule has 0 spiro atoms. The fraction of sp³-hybridized carbons (Fsp3) is 0.500. The molecule has 1 aliphatic rings. The molecule has 2 aromatic rings. The van der Waals surface area contributed by atoms with Crippen molar-refractivity contribution >= 4 is 11.0 Å². The zero-order valence-corrected chi connectivity index (χ0v) is 11.2. The van der Waals surface area contributed by atoms with Crippen LogP contribution in [0.15, 0.2) is 12.4 Å². The lowest BCUT2D eigenvalue weighted by Gasteiger charge is -2.32. The molecule has 1 aromatic carbocycles. The number of benzene rings is 1. The predicted molar refractivity (Wildman–Crippen MR) is 70.0 cm³/mol. The SMILES string of the molecule is CCN1CCCC(n2cnc3c(F)cc(F)c(F)c32)C1. The molecule has 1 aromatic heterocycles. The lowest BCUT2D eigenvalue weighted by molar-refractivity contribution is 0.187. The molecule has 1 fully saturated rings. The molecular weight excluding hydrogens is 267 g/mol. The van der Waals surface area contributed by atoms with Crippen LogP contribution in [0, 0.1) is 17.5 Å². The largest absolute Gasteiger partial charge is 0.324 e. The maximum atomic E-state index is 14.0. The number of hydrogen-bond donors (Lipinski definition) is 0. The number of imidazole rings is 1. The quantitative estimate of drug-likeness (QED) is 0.790. The van der Waals surface area contributed by atoms with Gasteiger partial charge in [-0.05, 0) is 25.9 Å². The number of rotatable bonds is 2. The number of fused-ring (bicyclic) bond motifs is 1. The monoisotopic (exact) mass is 283 g/mol. The van der Waals surface area contributed by atoms with Gasteiger partial charge in [0.05, 0.1) is 6.33 Å². The summed E-state index contributed by atoms with van der Waals surface area (Å²) in [5.41, 5.74) is -0.164. The second-order valence-electron chi connectivity index (χ2n) is 5.19. The van der Waals surface area contributed by atoms with E-state index < -0.39 is 17.5 Å². The van der Waals surface area contributed by atoms with Gasteiger partial charge in [0.2, 0.25) is 0 Å². The van der Waals surface area contributed by atoms with Gasteiger partial charge in [0.25, 0.3) is 0 Å². The van der Waals surface area contributed by atoms with Gasteiger partial charge in [0, 0.05) is 18.7 Å². The molecule has 3 rings (SSSR count). The fourth-order valence-electron chi connectivity index (χ4n) is 2.93. The minimum Gasteiger partial charge on any atom is -0.324 e. The first kappa shape index (κ1) is 13.4. The van der Waals surface area contributed by atoms with E-state index in [0.29, 0.717) is 6.07 Å². The van der Waals surface area contributed by atoms with Gasteiger partial charge in [-0.3, -0.25) is 0 Å². The molecule has 0 aliphatic carbocycles. The van der Waals surface area contributed by atoms with E-state index in [-0.39, 0.29) is 17.1 Å². The maximum absolute atomic E-state index is 14.0. The summed E-state index contributed by atoms with van der Waals surface area (Å²) in [4.78, 5) is 6.15. The van der Waals surface area contributed by atoms with Crippen LogP contribution < -0.4 is 0 Å². The highest BCUT2D eigenvalue weighted by molar-refractivity contribution is 5.77. The molecule has 0 N–H and O–H groups in total. The van der Waals surface area contributed by atoms with Crippen LogP contribution >= 0.6 is 0 Å². The van der Waals surface area contributed by atoms with Crippen molar-refractivity contribution in [3.63, 3.8) is 0 Å². The molecule has 20 heavy (non-hydrogen) atoms. The summed E-state index contributed by atoms with van der Waals surface area (Å²) >= 11 is 0. The van der Waals surface area contributed by atoms with E-state index in [1.165, 1.54) is 6.33 Å². The Morgan fingerprint density at radius 2 is 2.10 bits per heavy atom. The summed E-state index contributed by atoms with van der Waals surface area (Å²) in [7, 11) is 0. The van der Waals surface area contributed by atoms with Crippen molar-refractivity contribution in [2.45, 2.75) is 25.8 Å². The van der Waals surface area contributed by atoms with E-state index in [0.717, 1.165) is 32.5 Å². The Morgan fingerprint density at radius 1 is 1.30 bits per heavy atom. The number of hydrogen-bond acceptors (Lipinski definition) is 2. The summed E-state index contributed by atoms with van der Waals surface area (Å²) in [6.45, 7) is 4.73.